The Bertz CT molecular complexity index is 475. The van der Waals surface area contributed by atoms with Crippen molar-refractivity contribution in [2.75, 3.05) is 7.11 Å². The molecule has 0 saturated carbocycles. The molecular formula is C11H12ClNO4S. The SMILES string of the molecule is COC(=O)N1C(C(=O)O)CCC1c1ccc(Cl)s1. The van der Waals surface area contributed by atoms with Gasteiger partial charge >= 0.3 is 12.1 Å². The van der Waals surface area contributed by atoms with Gasteiger partial charge in [-0.1, -0.05) is 11.6 Å². The van der Waals surface area contributed by atoms with Crippen LogP contribution in [0.3, 0.4) is 0 Å². The molecule has 1 aliphatic heterocycles. The van der Waals surface area contributed by atoms with Gasteiger partial charge in [-0.05, 0) is 25.0 Å². The summed E-state index contributed by atoms with van der Waals surface area (Å²) in [6, 6.07) is 2.46. The van der Waals surface area contributed by atoms with Crippen molar-refractivity contribution >= 4 is 35.0 Å². The van der Waals surface area contributed by atoms with Crippen LogP contribution in [0.1, 0.15) is 23.8 Å². The van der Waals surface area contributed by atoms with Gasteiger partial charge in [-0.2, -0.15) is 0 Å². The van der Waals surface area contributed by atoms with Crippen molar-refractivity contribution in [1.82, 2.24) is 4.90 Å². The maximum Gasteiger partial charge on any atom is 0.410 e. The van der Waals surface area contributed by atoms with Gasteiger partial charge in [0.05, 0.1) is 17.5 Å². The van der Waals surface area contributed by atoms with Crippen LogP contribution in [0.25, 0.3) is 0 Å². The topological polar surface area (TPSA) is 66.8 Å². The second-order valence-corrected chi connectivity index (χ2v) is 5.71. The minimum atomic E-state index is -1.01. The van der Waals surface area contributed by atoms with E-state index in [1.165, 1.54) is 23.3 Å². The van der Waals surface area contributed by atoms with Crippen molar-refractivity contribution in [2.45, 2.75) is 24.9 Å². The van der Waals surface area contributed by atoms with Gasteiger partial charge < -0.3 is 9.84 Å². The number of aliphatic carboxylic acids is 1. The molecule has 0 aromatic carbocycles. The van der Waals surface area contributed by atoms with Gasteiger partial charge in [0, 0.05) is 4.88 Å². The third-order valence-corrected chi connectivity index (χ3v) is 4.31. The van der Waals surface area contributed by atoms with E-state index in [0.717, 1.165) is 4.88 Å². The van der Waals surface area contributed by atoms with E-state index in [1.54, 1.807) is 6.07 Å². The minimum Gasteiger partial charge on any atom is -0.480 e. The predicted octanol–water partition coefficient (Wildman–Crippen LogP) is 2.76. The van der Waals surface area contributed by atoms with Crippen molar-refractivity contribution in [1.29, 1.82) is 0 Å². The molecule has 1 fully saturated rings. The summed E-state index contributed by atoms with van der Waals surface area (Å²) in [4.78, 5) is 25.0. The molecule has 98 valence electrons. The molecular weight excluding hydrogens is 278 g/mol. The number of carbonyl (C=O) groups is 2. The van der Waals surface area contributed by atoms with E-state index >= 15 is 0 Å². The van der Waals surface area contributed by atoms with Crippen LogP contribution in [0.4, 0.5) is 4.79 Å². The summed E-state index contributed by atoms with van der Waals surface area (Å²) in [5.74, 6) is -1.01. The summed E-state index contributed by atoms with van der Waals surface area (Å²) < 4.78 is 5.29. The number of ether oxygens (including phenoxy) is 1. The molecule has 0 spiro atoms. The lowest BCUT2D eigenvalue weighted by Gasteiger charge is -2.26. The van der Waals surface area contributed by atoms with Crippen molar-refractivity contribution in [2.24, 2.45) is 0 Å². The fourth-order valence-corrected chi connectivity index (χ4v) is 3.40. The van der Waals surface area contributed by atoms with Gasteiger partial charge in [-0.15, -0.1) is 11.3 Å². The fourth-order valence-electron chi connectivity index (χ4n) is 2.20. The fraction of sp³-hybridized carbons (Fsp3) is 0.455. The molecule has 2 rings (SSSR count). The minimum absolute atomic E-state index is 0.268. The molecule has 2 atom stereocenters. The third-order valence-electron chi connectivity index (χ3n) is 2.98. The Balaban J connectivity index is 2.30. The van der Waals surface area contributed by atoms with E-state index in [9.17, 15) is 9.59 Å². The Kier molecular flexibility index (Phi) is 3.77. The highest BCUT2D eigenvalue weighted by molar-refractivity contribution is 7.16. The van der Waals surface area contributed by atoms with Gasteiger partial charge in [0.1, 0.15) is 6.04 Å². The zero-order chi connectivity index (χ0) is 13.3. The lowest BCUT2D eigenvalue weighted by Crippen LogP contribution is -2.41. The van der Waals surface area contributed by atoms with Crippen molar-refractivity contribution in [3.63, 3.8) is 0 Å². The van der Waals surface area contributed by atoms with Crippen LogP contribution in [0.15, 0.2) is 12.1 Å². The number of methoxy groups -OCH3 is 1. The average molecular weight is 290 g/mol. The maximum absolute atomic E-state index is 11.7. The lowest BCUT2D eigenvalue weighted by atomic mass is 10.2. The number of carboxylic acids is 1. The Morgan fingerprint density at radius 2 is 2.22 bits per heavy atom. The summed E-state index contributed by atoms with van der Waals surface area (Å²) in [5, 5.41) is 9.13. The van der Waals surface area contributed by atoms with E-state index in [4.69, 9.17) is 16.7 Å². The summed E-state index contributed by atoms with van der Waals surface area (Å²) in [5.41, 5.74) is 0. The van der Waals surface area contributed by atoms with E-state index < -0.39 is 18.1 Å². The first-order valence-corrected chi connectivity index (χ1v) is 6.58. The zero-order valence-corrected chi connectivity index (χ0v) is 11.2. The number of carbonyl (C=O) groups excluding carboxylic acids is 1. The number of amides is 1. The van der Waals surface area contributed by atoms with Crippen LogP contribution in [-0.2, 0) is 9.53 Å². The summed E-state index contributed by atoms with van der Waals surface area (Å²) in [6.45, 7) is 0. The van der Waals surface area contributed by atoms with Gasteiger partial charge in [-0.3, -0.25) is 4.90 Å². The van der Waals surface area contributed by atoms with Crippen LogP contribution < -0.4 is 0 Å². The molecule has 1 amide bonds. The quantitative estimate of drug-likeness (QED) is 0.909. The number of hydrogen-bond donors (Lipinski definition) is 1. The molecule has 0 bridgehead atoms. The Morgan fingerprint density at radius 1 is 1.50 bits per heavy atom. The van der Waals surface area contributed by atoms with Crippen molar-refractivity contribution < 1.29 is 19.4 Å². The number of rotatable bonds is 2. The largest absolute Gasteiger partial charge is 0.480 e. The molecule has 0 radical (unpaired) electrons. The van der Waals surface area contributed by atoms with E-state index in [2.05, 4.69) is 4.74 Å². The zero-order valence-electron chi connectivity index (χ0n) is 9.63. The Labute approximate surface area is 113 Å². The van der Waals surface area contributed by atoms with E-state index in [1.807, 2.05) is 6.07 Å². The molecule has 18 heavy (non-hydrogen) atoms. The summed E-state index contributed by atoms with van der Waals surface area (Å²) in [7, 11) is 1.25. The van der Waals surface area contributed by atoms with Gasteiger partial charge in [-0.25, -0.2) is 9.59 Å². The normalized spacial score (nSPS) is 23.1. The van der Waals surface area contributed by atoms with Crippen LogP contribution in [-0.4, -0.2) is 35.2 Å². The number of hydrogen-bond acceptors (Lipinski definition) is 4. The first-order valence-electron chi connectivity index (χ1n) is 5.39. The van der Waals surface area contributed by atoms with Crippen molar-refractivity contribution in [3.8, 4) is 0 Å². The molecule has 5 nitrogen and oxygen atoms in total. The molecule has 2 unspecified atom stereocenters. The van der Waals surface area contributed by atoms with E-state index in [-0.39, 0.29) is 6.04 Å². The molecule has 1 saturated heterocycles. The molecule has 1 aromatic rings. The molecule has 1 N–H and O–H groups in total. The standard InChI is InChI=1S/C11H12ClNO4S/c1-17-11(16)13-6(2-3-7(13)10(14)15)8-4-5-9(12)18-8/h4-7H,2-3H2,1H3,(H,14,15). The van der Waals surface area contributed by atoms with Crippen LogP contribution >= 0.6 is 22.9 Å². The number of halogens is 1. The van der Waals surface area contributed by atoms with Crippen LogP contribution in [0.2, 0.25) is 4.34 Å². The molecule has 7 heteroatoms. The molecule has 1 aliphatic rings. The number of carboxylic acid groups (broad SMARTS) is 1. The van der Waals surface area contributed by atoms with Gasteiger partial charge in [0.15, 0.2) is 0 Å². The van der Waals surface area contributed by atoms with Gasteiger partial charge in [0.2, 0.25) is 0 Å². The van der Waals surface area contributed by atoms with E-state index in [0.29, 0.717) is 17.2 Å². The summed E-state index contributed by atoms with van der Waals surface area (Å²) in [6.07, 6.45) is 0.405. The Hall–Kier alpha value is -1.27. The first-order chi connectivity index (χ1) is 8.54. The second-order valence-electron chi connectivity index (χ2n) is 3.97. The Morgan fingerprint density at radius 3 is 2.72 bits per heavy atom. The lowest BCUT2D eigenvalue weighted by molar-refractivity contribution is -0.142. The van der Waals surface area contributed by atoms with Crippen LogP contribution in [0, 0.1) is 0 Å². The van der Waals surface area contributed by atoms with Crippen LogP contribution in [0.5, 0.6) is 0 Å². The second kappa shape index (κ2) is 5.16. The highest BCUT2D eigenvalue weighted by atomic mass is 35.5. The monoisotopic (exact) mass is 289 g/mol. The molecule has 1 aromatic heterocycles. The smallest absolute Gasteiger partial charge is 0.410 e. The highest BCUT2D eigenvalue weighted by Crippen LogP contribution is 2.40. The number of likely N-dealkylation sites (tertiary alicyclic amines) is 1. The number of thiophene rings is 1. The summed E-state index contributed by atoms with van der Waals surface area (Å²) >= 11 is 7.22. The predicted molar refractivity (Wildman–Crippen MR) is 67.0 cm³/mol. The highest BCUT2D eigenvalue weighted by Gasteiger charge is 2.42. The first kappa shape index (κ1) is 13.2. The van der Waals surface area contributed by atoms with Gasteiger partial charge in [0.25, 0.3) is 0 Å². The van der Waals surface area contributed by atoms with Crippen molar-refractivity contribution in [3.05, 3.63) is 21.3 Å². The average Bonchev–Trinajstić information content (AvgIpc) is 2.93. The molecule has 2 heterocycles. The molecule has 0 aliphatic carbocycles. The maximum atomic E-state index is 11.7. The number of nitrogens with zero attached hydrogens (tertiary/aromatic N) is 1. The third kappa shape index (κ3) is 2.30.